The molecule has 0 amide bonds. The molecule has 0 spiro atoms. The van der Waals surface area contributed by atoms with Crippen molar-refractivity contribution in [2.45, 2.75) is 0 Å². The fourth-order valence-electron chi connectivity index (χ4n) is 1.68. The van der Waals surface area contributed by atoms with Crippen LogP contribution in [-0.2, 0) is 10.3 Å². The molecule has 5 nitrogen and oxygen atoms in total. The Morgan fingerprint density at radius 3 is 2.21 bits per heavy atom. The lowest BCUT2D eigenvalue weighted by atomic mass is 10.2. The highest BCUT2D eigenvalue weighted by Gasteiger charge is 2.21. The van der Waals surface area contributed by atoms with Crippen molar-refractivity contribution in [3.05, 3.63) is 60.2 Å². The lowest BCUT2D eigenvalue weighted by Gasteiger charge is -2.20. The summed E-state index contributed by atoms with van der Waals surface area (Å²) in [5.74, 6) is 0. The van der Waals surface area contributed by atoms with Crippen LogP contribution >= 0.6 is 0 Å². The van der Waals surface area contributed by atoms with Gasteiger partial charge < -0.3 is 0 Å². The molecule has 19 heavy (non-hydrogen) atoms. The Balaban J connectivity index is 2.60. The molecule has 0 aliphatic rings. The zero-order valence-corrected chi connectivity index (χ0v) is 10.6. The predicted molar refractivity (Wildman–Crippen MR) is 71.3 cm³/mol. The van der Waals surface area contributed by atoms with Gasteiger partial charge in [0.05, 0.1) is 23.0 Å². The number of nitriles is 1. The molecule has 0 fully saturated rings. The number of nitrogens with zero attached hydrogens (tertiary/aromatic N) is 2. The first kappa shape index (κ1) is 13.1. The average Bonchev–Trinajstić information content (AvgIpc) is 2.39. The fourth-order valence-corrected chi connectivity index (χ4v) is 2.45. The van der Waals surface area contributed by atoms with Crippen molar-refractivity contribution in [1.29, 1.82) is 5.26 Å². The van der Waals surface area contributed by atoms with E-state index in [1.54, 1.807) is 42.5 Å². The summed E-state index contributed by atoms with van der Waals surface area (Å²) in [6.45, 7) is 0. The van der Waals surface area contributed by atoms with E-state index in [4.69, 9.17) is 5.26 Å². The molecule has 0 heterocycles. The molecule has 96 valence electrons. The second kappa shape index (κ2) is 5.10. The van der Waals surface area contributed by atoms with Crippen LogP contribution in [0.2, 0.25) is 0 Å². The van der Waals surface area contributed by atoms with Gasteiger partial charge in [-0.25, -0.2) is 4.31 Å². The minimum absolute atomic E-state index is 0.202. The van der Waals surface area contributed by atoms with E-state index in [1.165, 1.54) is 12.1 Å². The first-order valence-corrected chi connectivity index (χ1v) is 6.75. The van der Waals surface area contributed by atoms with Crippen LogP contribution in [0.5, 0.6) is 0 Å². The van der Waals surface area contributed by atoms with Gasteiger partial charge in [0.2, 0.25) is 0 Å². The highest BCUT2D eigenvalue weighted by molar-refractivity contribution is 7.87. The highest BCUT2D eigenvalue weighted by Crippen LogP contribution is 2.28. The van der Waals surface area contributed by atoms with Crippen molar-refractivity contribution in [2.24, 2.45) is 0 Å². The molecule has 0 atom stereocenters. The van der Waals surface area contributed by atoms with Gasteiger partial charge in [-0.1, -0.05) is 24.3 Å². The molecule has 0 saturated heterocycles. The van der Waals surface area contributed by atoms with E-state index in [0.29, 0.717) is 11.3 Å². The molecular formula is C13H10N2O3S. The standard InChI is InChI=1S/C13H10N2O3S/c14-10-11-5-4-8-13(9-11)15(19(16,17)18)12-6-2-1-3-7-12/h1-9H,(H,16,17,18). The molecule has 2 aromatic carbocycles. The Morgan fingerprint density at radius 1 is 1.00 bits per heavy atom. The van der Waals surface area contributed by atoms with E-state index in [9.17, 15) is 13.0 Å². The van der Waals surface area contributed by atoms with Crippen molar-refractivity contribution in [1.82, 2.24) is 0 Å². The molecule has 1 N–H and O–H groups in total. The summed E-state index contributed by atoms with van der Waals surface area (Å²) in [4.78, 5) is 0. The summed E-state index contributed by atoms with van der Waals surface area (Å²) in [6, 6.07) is 16.1. The van der Waals surface area contributed by atoms with E-state index in [-0.39, 0.29) is 5.69 Å². The van der Waals surface area contributed by atoms with E-state index in [1.807, 2.05) is 6.07 Å². The molecule has 2 aromatic rings. The van der Waals surface area contributed by atoms with Gasteiger partial charge in [-0.15, -0.1) is 0 Å². The molecular weight excluding hydrogens is 264 g/mol. The molecule has 6 heteroatoms. The van der Waals surface area contributed by atoms with Gasteiger partial charge in [-0.3, -0.25) is 4.55 Å². The van der Waals surface area contributed by atoms with Crippen molar-refractivity contribution in [3.8, 4) is 6.07 Å². The number of para-hydroxylation sites is 1. The molecule has 0 saturated carbocycles. The zero-order chi connectivity index (χ0) is 13.9. The van der Waals surface area contributed by atoms with Crippen molar-refractivity contribution in [2.75, 3.05) is 4.31 Å². The molecule has 2 rings (SSSR count). The van der Waals surface area contributed by atoms with Gasteiger partial charge in [0, 0.05) is 0 Å². The Bertz CT molecular complexity index is 721. The summed E-state index contributed by atoms with van der Waals surface area (Å²) in [7, 11) is -4.47. The molecule has 0 aromatic heterocycles. The van der Waals surface area contributed by atoms with Gasteiger partial charge in [0.25, 0.3) is 0 Å². The fraction of sp³-hybridized carbons (Fsp3) is 0. The molecule has 0 aliphatic heterocycles. The quantitative estimate of drug-likeness (QED) is 0.872. The molecule has 0 radical (unpaired) electrons. The van der Waals surface area contributed by atoms with Crippen molar-refractivity contribution >= 4 is 21.7 Å². The summed E-state index contributed by atoms with van der Waals surface area (Å²) in [6.07, 6.45) is 0. The lowest BCUT2D eigenvalue weighted by Crippen LogP contribution is -2.25. The van der Waals surface area contributed by atoms with Crippen molar-refractivity contribution < 1.29 is 13.0 Å². The van der Waals surface area contributed by atoms with Crippen LogP contribution in [0.25, 0.3) is 0 Å². The number of hydrogen-bond donors (Lipinski definition) is 1. The maximum Gasteiger partial charge on any atom is 0.364 e. The zero-order valence-electron chi connectivity index (χ0n) is 9.76. The van der Waals surface area contributed by atoms with Crippen LogP contribution < -0.4 is 4.31 Å². The smallest absolute Gasteiger partial charge is 0.269 e. The van der Waals surface area contributed by atoms with Crippen LogP contribution in [0.15, 0.2) is 54.6 Å². The van der Waals surface area contributed by atoms with Gasteiger partial charge in [0.1, 0.15) is 0 Å². The number of hydrogen-bond acceptors (Lipinski definition) is 3. The second-order valence-corrected chi connectivity index (χ2v) is 5.00. The topological polar surface area (TPSA) is 81.4 Å². The Hall–Kier alpha value is -2.36. The van der Waals surface area contributed by atoms with Crippen LogP contribution in [0.1, 0.15) is 5.56 Å². The summed E-state index contributed by atoms with van der Waals surface area (Å²) in [5.41, 5.74) is 0.801. The van der Waals surface area contributed by atoms with E-state index in [2.05, 4.69) is 0 Å². The summed E-state index contributed by atoms with van der Waals surface area (Å²) < 4.78 is 33.2. The summed E-state index contributed by atoms with van der Waals surface area (Å²) >= 11 is 0. The van der Waals surface area contributed by atoms with E-state index < -0.39 is 10.3 Å². The van der Waals surface area contributed by atoms with Gasteiger partial charge in [-0.05, 0) is 30.3 Å². The SMILES string of the molecule is N#Cc1cccc(N(c2ccccc2)S(=O)(=O)O)c1. The Labute approximate surface area is 111 Å². The first-order valence-electron chi connectivity index (χ1n) is 5.35. The lowest BCUT2D eigenvalue weighted by molar-refractivity contribution is 0.483. The third-order valence-electron chi connectivity index (χ3n) is 2.43. The van der Waals surface area contributed by atoms with Crippen LogP contribution in [0, 0.1) is 11.3 Å². The molecule has 0 aliphatic carbocycles. The Morgan fingerprint density at radius 2 is 1.63 bits per heavy atom. The third-order valence-corrected chi connectivity index (χ3v) is 3.31. The predicted octanol–water partition coefficient (Wildman–Crippen LogP) is 2.50. The van der Waals surface area contributed by atoms with E-state index in [0.717, 1.165) is 4.31 Å². The maximum absolute atomic E-state index is 11.5. The maximum atomic E-state index is 11.5. The number of benzene rings is 2. The average molecular weight is 274 g/mol. The Kier molecular flexibility index (Phi) is 3.51. The highest BCUT2D eigenvalue weighted by atomic mass is 32.2. The van der Waals surface area contributed by atoms with Crippen molar-refractivity contribution in [3.63, 3.8) is 0 Å². The van der Waals surface area contributed by atoms with Crippen LogP contribution in [-0.4, -0.2) is 13.0 Å². The molecule has 0 bridgehead atoms. The normalized spacial score (nSPS) is 10.7. The van der Waals surface area contributed by atoms with E-state index >= 15 is 0 Å². The van der Waals surface area contributed by atoms with Crippen LogP contribution in [0.4, 0.5) is 11.4 Å². The number of anilines is 2. The second-order valence-electron chi connectivity index (χ2n) is 3.74. The van der Waals surface area contributed by atoms with Gasteiger partial charge in [0.15, 0.2) is 0 Å². The minimum Gasteiger partial charge on any atom is -0.269 e. The summed E-state index contributed by atoms with van der Waals surface area (Å²) in [5, 5.41) is 8.84. The third kappa shape index (κ3) is 2.91. The monoisotopic (exact) mass is 274 g/mol. The number of rotatable bonds is 3. The van der Waals surface area contributed by atoms with Crippen LogP contribution in [0.3, 0.4) is 0 Å². The minimum atomic E-state index is -4.47. The van der Waals surface area contributed by atoms with Gasteiger partial charge >= 0.3 is 10.3 Å². The largest absolute Gasteiger partial charge is 0.364 e. The molecule has 0 unspecified atom stereocenters. The van der Waals surface area contributed by atoms with Gasteiger partial charge in [-0.2, -0.15) is 13.7 Å². The first-order chi connectivity index (χ1) is 9.02.